The van der Waals surface area contributed by atoms with Gasteiger partial charge in [0.2, 0.25) is 11.6 Å². The first kappa shape index (κ1) is 15.5. The maximum absolute atomic E-state index is 13.0. The van der Waals surface area contributed by atoms with Gasteiger partial charge in [0, 0.05) is 23.2 Å². The highest BCUT2D eigenvalue weighted by atomic mass is 35.5. The predicted octanol–water partition coefficient (Wildman–Crippen LogP) is 3.58. The molecule has 0 amide bonds. The van der Waals surface area contributed by atoms with Crippen molar-refractivity contribution in [3.63, 3.8) is 0 Å². The fourth-order valence-electron chi connectivity index (χ4n) is 3.33. The molecule has 122 valence electrons. The van der Waals surface area contributed by atoms with Gasteiger partial charge < -0.3 is 4.90 Å². The van der Waals surface area contributed by atoms with E-state index in [-0.39, 0.29) is 26.6 Å². The molecule has 0 spiro atoms. The maximum Gasteiger partial charge on any atom is 0.217 e. The lowest BCUT2D eigenvalue weighted by Crippen LogP contribution is -2.38. The summed E-state index contributed by atoms with van der Waals surface area (Å²) in [6.45, 7) is 1.37. The minimum atomic E-state index is -0.417. The Balaban J connectivity index is 1.95. The number of piperidine rings is 1. The first-order valence-corrected chi connectivity index (χ1v) is 9.09. The molecule has 4 rings (SSSR count). The Morgan fingerprint density at radius 1 is 0.958 bits per heavy atom. The summed E-state index contributed by atoms with van der Waals surface area (Å²) >= 11 is 7.43. The summed E-state index contributed by atoms with van der Waals surface area (Å²) in [5, 5.41) is 0.416. The van der Waals surface area contributed by atoms with Gasteiger partial charge in [-0.1, -0.05) is 23.7 Å². The van der Waals surface area contributed by atoms with Crippen LogP contribution in [0.2, 0.25) is 0 Å². The van der Waals surface area contributed by atoms with Crippen molar-refractivity contribution in [3.05, 3.63) is 55.7 Å². The predicted molar refractivity (Wildman–Crippen MR) is 95.1 cm³/mol. The summed E-state index contributed by atoms with van der Waals surface area (Å²) in [4.78, 5) is 40.6. The van der Waals surface area contributed by atoms with E-state index in [0.717, 1.165) is 30.6 Å². The monoisotopic (exact) mass is 359 g/mol. The number of likely N-dealkylation sites (tertiary alicyclic amines) is 1. The quantitative estimate of drug-likeness (QED) is 0.781. The van der Waals surface area contributed by atoms with E-state index >= 15 is 0 Å². The number of ketones is 2. The van der Waals surface area contributed by atoms with Crippen LogP contribution in [0.15, 0.2) is 39.8 Å². The van der Waals surface area contributed by atoms with Crippen LogP contribution in [0.25, 0.3) is 10.1 Å². The highest BCUT2D eigenvalue weighted by Crippen LogP contribution is 2.34. The van der Waals surface area contributed by atoms with Crippen molar-refractivity contribution in [2.75, 3.05) is 13.1 Å². The number of fused-ring (bicyclic) bond motifs is 2. The molecule has 1 saturated heterocycles. The molecule has 1 aliphatic carbocycles. The zero-order valence-electron chi connectivity index (χ0n) is 12.8. The fraction of sp³-hybridized carbons (Fsp3) is 0.278. The van der Waals surface area contributed by atoms with E-state index in [0.29, 0.717) is 23.2 Å². The van der Waals surface area contributed by atoms with Crippen LogP contribution in [-0.4, -0.2) is 29.6 Å². The lowest BCUT2D eigenvalue weighted by atomic mass is 9.96. The van der Waals surface area contributed by atoms with Crippen molar-refractivity contribution in [2.24, 2.45) is 0 Å². The van der Waals surface area contributed by atoms with Crippen LogP contribution in [0.4, 0.5) is 0 Å². The van der Waals surface area contributed by atoms with Gasteiger partial charge in [-0.3, -0.25) is 14.4 Å². The Morgan fingerprint density at radius 3 is 2.42 bits per heavy atom. The van der Waals surface area contributed by atoms with Crippen LogP contribution < -0.4 is 5.43 Å². The Labute approximate surface area is 147 Å². The second kappa shape index (κ2) is 5.83. The van der Waals surface area contributed by atoms with E-state index in [1.807, 2.05) is 4.90 Å². The molecule has 0 unspecified atom stereocenters. The van der Waals surface area contributed by atoms with E-state index < -0.39 is 11.6 Å². The van der Waals surface area contributed by atoms with Gasteiger partial charge in [0.25, 0.3) is 0 Å². The number of carbonyl (C=O) groups excluding carboxylic acids is 2. The number of carbonyl (C=O) groups is 2. The molecule has 0 N–H and O–H groups in total. The molecule has 0 saturated carbocycles. The molecule has 2 aliphatic rings. The number of rotatable bonds is 1. The number of benzene rings is 1. The van der Waals surface area contributed by atoms with E-state index in [1.54, 1.807) is 24.3 Å². The van der Waals surface area contributed by atoms with Crippen LogP contribution >= 0.6 is 22.9 Å². The van der Waals surface area contributed by atoms with Gasteiger partial charge in [-0.05, 0) is 31.4 Å². The minimum absolute atomic E-state index is 0.0197. The largest absolute Gasteiger partial charge is 0.367 e. The van der Waals surface area contributed by atoms with Gasteiger partial charge >= 0.3 is 0 Å². The van der Waals surface area contributed by atoms with Crippen molar-refractivity contribution >= 4 is 44.6 Å². The van der Waals surface area contributed by atoms with Crippen molar-refractivity contribution in [1.29, 1.82) is 0 Å². The first-order chi connectivity index (χ1) is 11.6. The molecule has 0 atom stereocenters. The molecule has 4 nitrogen and oxygen atoms in total. The Hall–Kier alpha value is -1.98. The average Bonchev–Trinajstić information content (AvgIpc) is 2.61. The number of halogens is 1. The Kier molecular flexibility index (Phi) is 3.77. The van der Waals surface area contributed by atoms with Gasteiger partial charge in [0.15, 0.2) is 5.43 Å². The SMILES string of the molecule is O=C1C(Cl)=C(N2CCCCC2)C(=O)c2c1sc1ccccc1c2=O. The highest BCUT2D eigenvalue weighted by molar-refractivity contribution is 7.20. The van der Waals surface area contributed by atoms with Crippen molar-refractivity contribution in [3.8, 4) is 0 Å². The van der Waals surface area contributed by atoms with E-state index in [4.69, 9.17) is 11.6 Å². The molecule has 1 fully saturated rings. The van der Waals surface area contributed by atoms with Crippen LogP contribution in [0.1, 0.15) is 39.3 Å². The maximum atomic E-state index is 13.0. The lowest BCUT2D eigenvalue weighted by Gasteiger charge is -2.32. The van der Waals surface area contributed by atoms with Crippen LogP contribution in [0.5, 0.6) is 0 Å². The van der Waals surface area contributed by atoms with Crippen LogP contribution in [0.3, 0.4) is 0 Å². The molecule has 2 heterocycles. The summed E-state index contributed by atoms with van der Waals surface area (Å²) in [5.74, 6) is -0.830. The molecule has 1 aromatic heterocycles. The summed E-state index contributed by atoms with van der Waals surface area (Å²) in [5.41, 5.74) is -0.196. The number of nitrogens with zero attached hydrogens (tertiary/aromatic N) is 1. The van der Waals surface area contributed by atoms with Crippen LogP contribution in [0, 0.1) is 0 Å². The van der Waals surface area contributed by atoms with Gasteiger partial charge in [-0.25, -0.2) is 0 Å². The molecular formula is C18H14ClNO3S. The second-order valence-electron chi connectivity index (χ2n) is 6.00. The molecule has 6 heteroatoms. The number of hydrogen-bond acceptors (Lipinski definition) is 5. The van der Waals surface area contributed by atoms with E-state index in [2.05, 4.69) is 0 Å². The normalized spacial score (nSPS) is 18.3. The molecular weight excluding hydrogens is 346 g/mol. The number of allylic oxidation sites excluding steroid dienone is 2. The van der Waals surface area contributed by atoms with E-state index in [1.165, 1.54) is 0 Å². The number of hydrogen-bond donors (Lipinski definition) is 0. The molecule has 0 radical (unpaired) electrons. The van der Waals surface area contributed by atoms with Gasteiger partial charge in [0.05, 0.1) is 10.4 Å². The van der Waals surface area contributed by atoms with Crippen LogP contribution in [-0.2, 0) is 0 Å². The molecule has 0 bridgehead atoms. The molecule has 1 aliphatic heterocycles. The second-order valence-corrected chi connectivity index (χ2v) is 7.43. The van der Waals surface area contributed by atoms with E-state index in [9.17, 15) is 14.4 Å². The highest BCUT2D eigenvalue weighted by Gasteiger charge is 2.37. The van der Waals surface area contributed by atoms with Gasteiger partial charge in [0.1, 0.15) is 10.7 Å². The average molecular weight is 360 g/mol. The molecule has 2 aromatic rings. The van der Waals surface area contributed by atoms with Gasteiger partial charge in [-0.15, -0.1) is 11.3 Å². The van der Waals surface area contributed by atoms with Crippen molar-refractivity contribution in [1.82, 2.24) is 4.90 Å². The summed E-state index contributed by atoms with van der Waals surface area (Å²) in [6.07, 6.45) is 3.00. The third kappa shape index (κ3) is 2.23. The zero-order valence-corrected chi connectivity index (χ0v) is 14.4. The standard InChI is InChI=1S/C18H14ClNO3S/c19-13-14(20-8-4-1-5-9-20)16(22)12-15(21)10-6-2-3-7-11(10)24-18(12)17(13)23/h2-3,6-7H,1,4-5,8-9H2. The first-order valence-electron chi connectivity index (χ1n) is 7.89. The fourth-order valence-corrected chi connectivity index (χ4v) is 4.81. The third-order valence-corrected chi connectivity index (χ3v) is 6.05. The summed E-state index contributed by atoms with van der Waals surface area (Å²) in [6, 6.07) is 7.02. The third-order valence-electron chi connectivity index (χ3n) is 4.53. The summed E-state index contributed by atoms with van der Waals surface area (Å²) in [7, 11) is 0. The molecule has 1 aromatic carbocycles. The van der Waals surface area contributed by atoms with Crippen molar-refractivity contribution < 1.29 is 9.59 Å². The smallest absolute Gasteiger partial charge is 0.217 e. The van der Waals surface area contributed by atoms with Gasteiger partial charge in [-0.2, -0.15) is 0 Å². The van der Waals surface area contributed by atoms with Crippen molar-refractivity contribution in [2.45, 2.75) is 19.3 Å². The molecule has 24 heavy (non-hydrogen) atoms. The Morgan fingerprint density at radius 2 is 1.67 bits per heavy atom. The Bertz CT molecular complexity index is 970. The topological polar surface area (TPSA) is 54.5 Å². The zero-order chi connectivity index (χ0) is 16.8. The lowest BCUT2D eigenvalue weighted by molar-refractivity contribution is 0.0941. The minimum Gasteiger partial charge on any atom is -0.367 e. The number of Topliss-reactive ketones (excluding diaryl/α,β-unsaturated/α-hetero) is 2. The summed E-state index contributed by atoms with van der Waals surface area (Å²) < 4.78 is 0.688.